The minimum absolute atomic E-state index is 0.260. The number of anilines is 1. The largest absolute Gasteiger partial charge is 0.497 e. The Bertz CT molecular complexity index is 667. The molecule has 0 aromatic heterocycles. The van der Waals surface area contributed by atoms with E-state index in [-0.39, 0.29) is 11.0 Å². The van der Waals surface area contributed by atoms with Crippen LogP contribution in [0.5, 0.6) is 5.75 Å². The SMILES string of the molecule is COc1ccc(/C=C/C(=O)NC(=S)Nc2ccccc2)cc1. The monoisotopic (exact) mass is 312 g/mol. The number of carbonyl (C=O) groups excluding carboxylic acids is 1. The summed E-state index contributed by atoms with van der Waals surface area (Å²) in [6.45, 7) is 0. The molecule has 112 valence electrons. The molecule has 0 heterocycles. The molecule has 0 atom stereocenters. The predicted octanol–water partition coefficient (Wildman–Crippen LogP) is 3.22. The van der Waals surface area contributed by atoms with Crippen molar-refractivity contribution in [1.29, 1.82) is 0 Å². The molecule has 0 aliphatic heterocycles. The lowest BCUT2D eigenvalue weighted by atomic mass is 10.2. The third-order valence-electron chi connectivity index (χ3n) is 2.81. The fourth-order valence-electron chi connectivity index (χ4n) is 1.72. The Labute approximate surface area is 134 Å². The Balaban J connectivity index is 1.86. The summed E-state index contributed by atoms with van der Waals surface area (Å²) < 4.78 is 5.08. The van der Waals surface area contributed by atoms with Crippen molar-refractivity contribution in [1.82, 2.24) is 5.32 Å². The molecule has 0 bridgehead atoms. The van der Waals surface area contributed by atoms with Crippen molar-refractivity contribution in [3.05, 3.63) is 66.2 Å². The van der Waals surface area contributed by atoms with Gasteiger partial charge in [-0.1, -0.05) is 30.3 Å². The van der Waals surface area contributed by atoms with E-state index in [1.807, 2.05) is 54.6 Å². The zero-order chi connectivity index (χ0) is 15.8. The summed E-state index contributed by atoms with van der Waals surface area (Å²) in [5.41, 5.74) is 1.73. The molecule has 2 aromatic rings. The first kappa shape index (κ1) is 15.7. The van der Waals surface area contributed by atoms with Gasteiger partial charge in [-0.15, -0.1) is 0 Å². The molecule has 2 N–H and O–H groups in total. The van der Waals surface area contributed by atoms with E-state index >= 15 is 0 Å². The second-order valence-electron chi connectivity index (χ2n) is 4.42. The number of hydrogen-bond acceptors (Lipinski definition) is 3. The van der Waals surface area contributed by atoms with Crippen molar-refractivity contribution in [2.75, 3.05) is 12.4 Å². The molecular formula is C17H16N2O2S. The Morgan fingerprint density at radius 2 is 1.77 bits per heavy atom. The maximum absolute atomic E-state index is 11.8. The van der Waals surface area contributed by atoms with Crippen LogP contribution >= 0.6 is 12.2 Å². The van der Waals surface area contributed by atoms with Gasteiger partial charge in [-0.2, -0.15) is 0 Å². The zero-order valence-electron chi connectivity index (χ0n) is 12.1. The third-order valence-corrected chi connectivity index (χ3v) is 3.02. The minimum atomic E-state index is -0.288. The van der Waals surface area contributed by atoms with Gasteiger partial charge in [0, 0.05) is 11.8 Å². The molecule has 0 unspecified atom stereocenters. The van der Waals surface area contributed by atoms with Crippen LogP contribution in [0.2, 0.25) is 0 Å². The van der Waals surface area contributed by atoms with Gasteiger partial charge in [0.2, 0.25) is 5.91 Å². The molecule has 0 aliphatic rings. The molecule has 0 aliphatic carbocycles. The molecular weight excluding hydrogens is 296 g/mol. The van der Waals surface area contributed by atoms with Crippen molar-refractivity contribution >= 4 is 35.0 Å². The quantitative estimate of drug-likeness (QED) is 0.672. The van der Waals surface area contributed by atoms with E-state index in [0.717, 1.165) is 17.0 Å². The highest BCUT2D eigenvalue weighted by molar-refractivity contribution is 7.80. The summed E-state index contributed by atoms with van der Waals surface area (Å²) in [5, 5.41) is 5.79. The number of carbonyl (C=O) groups is 1. The highest BCUT2D eigenvalue weighted by Crippen LogP contribution is 2.12. The molecule has 1 amide bonds. The number of para-hydroxylation sites is 1. The van der Waals surface area contributed by atoms with Gasteiger partial charge in [0.05, 0.1) is 7.11 Å². The van der Waals surface area contributed by atoms with Crippen LogP contribution in [0.1, 0.15) is 5.56 Å². The molecule has 0 fully saturated rings. The van der Waals surface area contributed by atoms with Gasteiger partial charge in [-0.25, -0.2) is 0 Å². The van der Waals surface area contributed by atoms with Crippen molar-refractivity contribution in [3.63, 3.8) is 0 Å². The van der Waals surface area contributed by atoms with Crippen molar-refractivity contribution in [3.8, 4) is 5.75 Å². The standard InChI is InChI=1S/C17H16N2O2S/c1-21-15-10-7-13(8-11-15)9-12-16(20)19-17(22)18-14-5-3-2-4-6-14/h2-12H,1H3,(H2,18,19,20,22)/b12-9+. The number of amides is 1. The number of thiocarbonyl (C=S) groups is 1. The van der Waals surface area contributed by atoms with Crippen LogP contribution in [0.4, 0.5) is 5.69 Å². The van der Waals surface area contributed by atoms with Crippen LogP contribution < -0.4 is 15.4 Å². The van der Waals surface area contributed by atoms with Crippen molar-refractivity contribution in [2.45, 2.75) is 0 Å². The number of nitrogens with one attached hydrogen (secondary N) is 2. The lowest BCUT2D eigenvalue weighted by molar-refractivity contribution is -0.115. The Hall–Kier alpha value is -2.66. The van der Waals surface area contributed by atoms with Crippen LogP contribution in [0, 0.1) is 0 Å². The number of hydrogen-bond donors (Lipinski definition) is 2. The number of benzene rings is 2. The van der Waals surface area contributed by atoms with E-state index in [1.165, 1.54) is 6.08 Å². The maximum Gasteiger partial charge on any atom is 0.250 e. The smallest absolute Gasteiger partial charge is 0.250 e. The summed E-state index contributed by atoms with van der Waals surface area (Å²) in [7, 11) is 1.61. The van der Waals surface area contributed by atoms with Gasteiger partial charge in [0.1, 0.15) is 5.75 Å². The molecule has 22 heavy (non-hydrogen) atoms. The molecule has 0 spiro atoms. The van der Waals surface area contributed by atoms with Gasteiger partial charge in [0.25, 0.3) is 0 Å². The number of rotatable bonds is 4. The average molecular weight is 312 g/mol. The molecule has 0 saturated heterocycles. The first-order chi connectivity index (χ1) is 10.7. The van der Waals surface area contributed by atoms with E-state index in [0.29, 0.717) is 0 Å². The van der Waals surface area contributed by atoms with E-state index < -0.39 is 0 Å². The molecule has 4 nitrogen and oxygen atoms in total. The first-order valence-electron chi connectivity index (χ1n) is 6.66. The normalized spacial score (nSPS) is 10.2. The maximum atomic E-state index is 11.8. The van der Waals surface area contributed by atoms with Crippen LogP contribution in [-0.4, -0.2) is 18.1 Å². The van der Waals surface area contributed by atoms with E-state index in [1.54, 1.807) is 13.2 Å². The van der Waals surface area contributed by atoms with Crippen LogP contribution in [0.3, 0.4) is 0 Å². The Morgan fingerprint density at radius 3 is 2.41 bits per heavy atom. The Kier molecular flexibility index (Phi) is 5.68. The van der Waals surface area contributed by atoms with Crippen molar-refractivity contribution in [2.24, 2.45) is 0 Å². The summed E-state index contributed by atoms with van der Waals surface area (Å²) >= 11 is 5.08. The number of ether oxygens (including phenoxy) is 1. The van der Waals surface area contributed by atoms with E-state index in [2.05, 4.69) is 10.6 Å². The summed E-state index contributed by atoms with van der Waals surface area (Å²) in [6, 6.07) is 16.8. The predicted molar refractivity (Wildman–Crippen MR) is 92.8 cm³/mol. The molecule has 0 saturated carbocycles. The van der Waals surface area contributed by atoms with Gasteiger partial charge < -0.3 is 10.1 Å². The summed E-state index contributed by atoms with van der Waals surface area (Å²) in [4.78, 5) is 11.8. The lowest BCUT2D eigenvalue weighted by Crippen LogP contribution is -2.32. The minimum Gasteiger partial charge on any atom is -0.497 e. The van der Waals surface area contributed by atoms with Gasteiger partial charge >= 0.3 is 0 Å². The molecule has 2 rings (SSSR count). The Morgan fingerprint density at radius 1 is 1.09 bits per heavy atom. The van der Waals surface area contributed by atoms with Crippen LogP contribution in [0.15, 0.2) is 60.7 Å². The van der Waals surface area contributed by atoms with Gasteiger partial charge in [-0.05, 0) is 48.1 Å². The van der Waals surface area contributed by atoms with Crippen molar-refractivity contribution < 1.29 is 9.53 Å². The summed E-state index contributed by atoms with van der Waals surface area (Å²) in [5.74, 6) is 0.485. The molecule has 0 radical (unpaired) electrons. The lowest BCUT2D eigenvalue weighted by Gasteiger charge is -2.07. The van der Waals surface area contributed by atoms with Crippen LogP contribution in [-0.2, 0) is 4.79 Å². The van der Waals surface area contributed by atoms with Gasteiger partial charge in [-0.3, -0.25) is 10.1 Å². The zero-order valence-corrected chi connectivity index (χ0v) is 12.9. The third kappa shape index (κ3) is 5.03. The molecule has 5 heteroatoms. The fourth-order valence-corrected chi connectivity index (χ4v) is 1.94. The average Bonchev–Trinajstić information content (AvgIpc) is 2.54. The number of methoxy groups -OCH3 is 1. The second-order valence-corrected chi connectivity index (χ2v) is 4.82. The highest BCUT2D eigenvalue weighted by atomic mass is 32.1. The highest BCUT2D eigenvalue weighted by Gasteiger charge is 2.01. The topological polar surface area (TPSA) is 50.4 Å². The fraction of sp³-hybridized carbons (Fsp3) is 0.0588. The van der Waals surface area contributed by atoms with E-state index in [9.17, 15) is 4.79 Å². The molecule has 2 aromatic carbocycles. The van der Waals surface area contributed by atoms with Gasteiger partial charge in [0.15, 0.2) is 5.11 Å². The first-order valence-corrected chi connectivity index (χ1v) is 7.07. The van der Waals surface area contributed by atoms with Crippen LogP contribution in [0.25, 0.3) is 6.08 Å². The summed E-state index contributed by atoms with van der Waals surface area (Å²) in [6.07, 6.45) is 3.14. The second kappa shape index (κ2) is 7.95. The van der Waals surface area contributed by atoms with E-state index in [4.69, 9.17) is 17.0 Å².